The van der Waals surface area contributed by atoms with Crippen LogP contribution < -0.4 is 5.32 Å². The van der Waals surface area contributed by atoms with Crippen LogP contribution in [0.1, 0.15) is 84.2 Å². The van der Waals surface area contributed by atoms with E-state index in [-0.39, 0.29) is 12.5 Å². The molecule has 9 heteroatoms. The van der Waals surface area contributed by atoms with Gasteiger partial charge in [0.2, 0.25) is 0 Å². The Bertz CT molecular complexity index is 1040. The molecule has 0 bridgehead atoms. The number of nitrogens with one attached hydrogen (secondary N) is 1. The van der Waals surface area contributed by atoms with Crippen molar-refractivity contribution in [1.82, 2.24) is 10.3 Å². The van der Waals surface area contributed by atoms with Crippen molar-refractivity contribution in [2.75, 3.05) is 0 Å². The summed E-state index contributed by atoms with van der Waals surface area (Å²) >= 11 is 0. The standard InChI is InChI=1S/C26H30F4N2O3/c27-20-15-18(14-19(16-20)26(28,29)30)24(33)32-23(25(34)35)11-5-3-1-2-4-9-21-13-12-17-8-6-7-10-22(17)31-21/h12-16,23H,1-11H2,(H,32,33)(H,34,35)/t23-/m0/s1. The van der Waals surface area contributed by atoms with Gasteiger partial charge in [-0.2, -0.15) is 13.2 Å². The van der Waals surface area contributed by atoms with Crippen LogP contribution in [0.4, 0.5) is 17.6 Å². The van der Waals surface area contributed by atoms with Crippen LogP contribution in [0.5, 0.6) is 0 Å². The first-order valence-corrected chi connectivity index (χ1v) is 12.0. The van der Waals surface area contributed by atoms with Crippen molar-refractivity contribution in [2.45, 2.75) is 82.8 Å². The van der Waals surface area contributed by atoms with Gasteiger partial charge in [0, 0.05) is 17.0 Å². The number of hydrogen-bond acceptors (Lipinski definition) is 3. The number of amides is 1. The number of fused-ring (bicyclic) bond motifs is 1. The van der Waals surface area contributed by atoms with E-state index in [0.29, 0.717) is 18.6 Å². The normalized spacial score (nSPS) is 14.3. The zero-order valence-corrected chi connectivity index (χ0v) is 19.5. The lowest BCUT2D eigenvalue weighted by atomic mass is 9.95. The topological polar surface area (TPSA) is 79.3 Å². The van der Waals surface area contributed by atoms with Crippen molar-refractivity contribution < 1.29 is 32.3 Å². The lowest BCUT2D eigenvalue weighted by molar-refractivity contribution is -0.139. The summed E-state index contributed by atoms with van der Waals surface area (Å²) in [6, 6.07) is 4.47. The molecule has 1 heterocycles. The van der Waals surface area contributed by atoms with E-state index in [1.807, 2.05) is 0 Å². The minimum absolute atomic E-state index is 0.134. The summed E-state index contributed by atoms with van der Waals surface area (Å²) in [7, 11) is 0. The van der Waals surface area contributed by atoms with Gasteiger partial charge in [-0.3, -0.25) is 9.78 Å². The quantitative estimate of drug-likeness (QED) is 0.302. The Morgan fingerprint density at radius 1 is 1.00 bits per heavy atom. The first kappa shape index (κ1) is 26.6. The predicted octanol–water partition coefficient (Wildman–Crippen LogP) is 5.88. The molecule has 2 N–H and O–H groups in total. The van der Waals surface area contributed by atoms with E-state index in [1.54, 1.807) is 0 Å². The molecule has 1 aromatic carbocycles. The predicted molar refractivity (Wildman–Crippen MR) is 123 cm³/mol. The Hall–Kier alpha value is -2.97. The molecule has 1 aliphatic carbocycles. The molecular weight excluding hydrogens is 464 g/mol. The van der Waals surface area contributed by atoms with E-state index in [1.165, 1.54) is 24.1 Å². The van der Waals surface area contributed by atoms with Crippen LogP contribution in [-0.4, -0.2) is 28.0 Å². The number of halogens is 4. The zero-order chi connectivity index (χ0) is 25.4. The summed E-state index contributed by atoms with van der Waals surface area (Å²) in [6.07, 6.45) is 4.92. The van der Waals surface area contributed by atoms with Gasteiger partial charge >= 0.3 is 12.1 Å². The number of alkyl halides is 3. The van der Waals surface area contributed by atoms with Crippen molar-refractivity contribution in [3.63, 3.8) is 0 Å². The number of carbonyl (C=O) groups excluding carboxylic acids is 1. The Labute approximate surface area is 202 Å². The fourth-order valence-corrected chi connectivity index (χ4v) is 4.33. The summed E-state index contributed by atoms with van der Waals surface area (Å²) in [5.41, 5.74) is 1.81. The van der Waals surface area contributed by atoms with Crippen molar-refractivity contribution in [3.8, 4) is 0 Å². The molecule has 0 aliphatic heterocycles. The monoisotopic (exact) mass is 494 g/mol. The number of pyridine rings is 1. The molecule has 0 saturated heterocycles. The number of carboxylic acids is 1. The molecule has 0 fully saturated rings. The lowest BCUT2D eigenvalue weighted by Gasteiger charge is -2.16. The average molecular weight is 495 g/mol. The number of carboxylic acid groups (broad SMARTS) is 1. The molecule has 5 nitrogen and oxygen atoms in total. The number of aliphatic carboxylic acids is 1. The minimum atomic E-state index is -4.82. The lowest BCUT2D eigenvalue weighted by Crippen LogP contribution is -2.40. The average Bonchev–Trinajstić information content (AvgIpc) is 2.81. The van der Waals surface area contributed by atoms with Gasteiger partial charge in [-0.25, -0.2) is 9.18 Å². The maximum atomic E-state index is 13.5. The third-order valence-electron chi connectivity index (χ3n) is 6.25. The van der Waals surface area contributed by atoms with Crippen LogP contribution in [0.25, 0.3) is 0 Å². The SMILES string of the molecule is O=C(N[C@@H](CCCCCCCc1ccc2c(n1)CCCC2)C(=O)O)c1cc(F)cc(C(F)(F)F)c1. The molecule has 35 heavy (non-hydrogen) atoms. The van der Waals surface area contributed by atoms with Crippen molar-refractivity contribution >= 4 is 11.9 Å². The van der Waals surface area contributed by atoms with E-state index < -0.39 is 41.0 Å². The number of aryl methyl sites for hydroxylation is 3. The second kappa shape index (κ2) is 12.1. The van der Waals surface area contributed by atoms with Crippen molar-refractivity contribution in [3.05, 3.63) is 64.2 Å². The summed E-state index contributed by atoms with van der Waals surface area (Å²) in [4.78, 5) is 28.6. The number of nitrogens with zero attached hydrogens (tertiary/aromatic N) is 1. The Morgan fingerprint density at radius 2 is 1.71 bits per heavy atom. The zero-order valence-electron chi connectivity index (χ0n) is 19.5. The molecule has 1 aliphatic rings. The van der Waals surface area contributed by atoms with Gasteiger partial charge in [-0.15, -0.1) is 0 Å². The minimum Gasteiger partial charge on any atom is -0.480 e. The van der Waals surface area contributed by atoms with E-state index in [2.05, 4.69) is 17.4 Å². The molecule has 0 saturated carbocycles. The number of benzene rings is 1. The first-order chi connectivity index (χ1) is 16.6. The summed E-state index contributed by atoms with van der Waals surface area (Å²) in [6.45, 7) is 0. The van der Waals surface area contributed by atoms with Crippen molar-refractivity contribution in [2.24, 2.45) is 0 Å². The fourth-order valence-electron chi connectivity index (χ4n) is 4.33. The number of aromatic nitrogens is 1. The van der Waals surface area contributed by atoms with Crippen LogP contribution in [0.2, 0.25) is 0 Å². The van der Waals surface area contributed by atoms with Gasteiger partial charge in [0.05, 0.1) is 5.56 Å². The highest BCUT2D eigenvalue weighted by atomic mass is 19.4. The van der Waals surface area contributed by atoms with Crippen LogP contribution in [0.15, 0.2) is 30.3 Å². The van der Waals surface area contributed by atoms with Crippen LogP contribution in [-0.2, 0) is 30.2 Å². The highest BCUT2D eigenvalue weighted by Gasteiger charge is 2.32. The molecule has 1 aromatic heterocycles. The van der Waals surface area contributed by atoms with Gasteiger partial charge in [0.1, 0.15) is 11.9 Å². The Morgan fingerprint density at radius 3 is 2.46 bits per heavy atom. The molecule has 3 rings (SSSR count). The second-order valence-electron chi connectivity index (χ2n) is 9.01. The highest BCUT2D eigenvalue weighted by molar-refractivity contribution is 5.96. The van der Waals surface area contributed by atoms with Crippen LogP contribution in [0.3, 0.4) is 0 Å². The molecule has 190 valence electrons. The number of unbranched alkanes of at least 4 members (excludes halogenated alkanes) is 4. The van der Waals surface area contributed by atoms with E-state index in [4.69, 9.17) is 4.98 Å². The van der Waals surface area contributed by atoms with Gasteiger partial charge in [0.15, 0.2) is 0 Å². The third kappa shape index (κ3) is 8.04. The smallest absolute Gasteiger partial charge is 0.416 e. The van der Waals surface area contributed by atoms with Crippen LogP contribution >= 0.6 is 0 Å². The maximum absolute atomic E-state index is 13.5. The Balaban J connectivity index is 1.40. The largest absolute Gasteiger partial charge is 0.480 e. The Kier molecular flexibility index (Phi) is 9.23. The number of carbonyl (C=O) groups is 2. The van der Waals surface area contributed by atoms with Gasteiger partial charge in [-0.1, -0.05) is 31.7 Å². The fraction of sp³-hybridized carbons (Fsp3) is 0.500. The molecule has 1 atom stereocenters. The van der Waals surface area contributed by atoms with E-state index >= 15 is 0 Å². The number of hydrogen-bond donors (Lipinski definition) is 2. The third-order valence-corrected chi connectivity index (χ3v) is 6.25. The van der Waals surface area contributed by atoms with E-state index in [9.17, 15) is 32.3 Å². The summed E-state index contributed by atoms with van der Waals surface area (Å²) < 4.78 is 52.1. The second-order valence-corrected chi connectivity index (χ2v) is 9.01. The van der Waals surface area contributed by atoms with E-state index in [0.717, 1.165) is 50.6 Å². The van der Waals surface area contributed by atoms with Crippen molar-refractivity contribution in [1.29, 1.82) is 0 Å². The number of rotatable bonds is 11. The van der Waals surface area contributed by atoms with Crippen LogP contribution in [0, 0.1) is 5.82 Å². The first-order valence-electron chi connectivity index (χ1n) is 12.0. The molecule has 0 radical (unpaired) electrons. The molecule has 0 spiro atoms. The van der Waals surface area contributed by atoms with Gasteiger partial charge in [-0.05, 0) is 74.8 Å². The van der Waals surface area contributed by atoms with Gasteiger partial charge < -0.3 is 10.4 Å². The molecule has 0 unspecified atom stereocenters. The molecule has 2 aromatic rings. The summed E-state index contributed by atoms with van der Waals surface area (Å²) in [5.74, 6) is -3.56. The molecular formula is C26H30F4N2O3. The molecule has 1 amide bonds. The maximum Gasteiger partial charge on any atom is 0.416 e. The summed E-state index contributed by atoms with van der Waals surface area (Å²) in [5, 5.41) is 11.6. The highest BCUT2D eigenvalue weighted by Crippen LogP contribution is 2.30. The van der Waals surface area contributed by atoms with Gasteiger partial charge in [0.25, 0.3) is 5.91 Å².